The van der Waals surface area contributed by atoms with Crippen LogP contribution in [0.3, 0.4) is 0 Å². The van der Waals surface area contributed by atoms with Crippen molar-refractivity contribution < 1.29 is 0 Å². The molecule has 2 atom stereocenters. The Hall–Kier alpha value is -0.420. The van der Waals surface area contributed by atoms with Gasteiger partial charge in [0, 0.05) is 30.4 Å². The zero-order chi connectivity index (χ0) is 16.7. The summed E-state index contributed by atoms with van der Waals surface area (Å²) < 4.78 is 0.349. The van der Waals surface area contributed by atoms with Crippen LogP contribution < -0.4 is 10.6 Å². The number of thioether (sulfide) groups is 1. The summed E-state index contributed by atoms with van der Waals surface area (Å²) in [6.07, 6.45) is 5.30. The number of likely N-dealkylation sites (tertiary alicyclic amines) is 1. The monoisotopic (exact) mass is 340 g/mol. The number of nitrogens with zero attached hydrogens (tertiary/aromatic N) is 2. The lowest BCUT2D eigenvalue weighted by Crippen LogP contribution is -2.46. The standard InChI is InChI=1S/C18H36N4S/c1-5-19-17(21-14-18(4)9-7-11-23-18)20-12-16-8-6-10-22(13-16)15(2)3/h15-16H,5-14H2,1-4H3,(H2,19,20,21). The second-order valence-electron chi connectivity index (χ2n) is 7.57. The second kappa shape index (κ2) is 9.16. The Labute approximate surface area is 147 Å². The van der Waals surface area contributed by atoms with Crippen molar-refractivity contribution >= 4 is 17.7 Å². The van der Waals surface area contributed by atoms with Gasteiger partial charge in [-0.1, -0.05) is 0 Å². The number of aliphatic imine (C=N–C) groups is 1. The van der Waals surface area contributed by atoms with E-state index in [1.165, 1.54) is 44.5 Å². The minimum absolute atomic E-state index is 0.349. The molecule has 0 aromatic carbocycles. The SMILES string of the molecule is CCNC(=NCC1(C)CCCS1)NCC1CCCN(C(C)C)C1. The molecule has 2 aliphatic heterocycles. The van der Waals surface area contributed by atoms with Crippen LogP contribution in [0.25, 0.3) is 0 Å². The molecule has 0 aromatic rings. The Morgan fingerprint density at radius 1 is 1.35 bits per heavy atom. The smallest absolute Gasteiger partial charge is 0.191 e. The van der Waals surface area contributed by atoms with Gasteiger partial charge in [-0.3, -0.25) is 4.99 Å². The first kappa shape index (κ1) is 18.9. The van der Waals surface area contributed by atoms with E-state index in [9.17, 15) is 0 Å². The van der Waals surface area contributed by atoms with Gasteiger partial charge in [0.15, 0.2) is 5.96 Å². The molecule has 0 bridgehead atoms. The van der Waals surface area contributed by atoms with Crippen molar-refractivity contribution in [1.82, 2.24) is 15.5 Å². The van der Waals surface area contributed by atoms with Crippen molar-refractivity contribution in [3.05, 3.63) is 0 Å². The van der Waals surface area contributed by atoms with Crippen LogP contribution in [0.2, 0.25) is 0 Å². The molecular formula is C18H36N4S. The highest BCUT2D eigenvalue weighted by Gasteiger charge is 2.29. The Kier molecular flexibility index (Phi) is 7.54. The van der Waals surface area contributed by atoms with Crippen molar-refractivity contribution in [3.8, 4) is 0 Å². The predicted octanol–water partition coefficient (Wildman–Crippen LogP) is 2.95. The quantitative estimate of drug-likeness (QED) is 0.576. The van der Waals surface area contributed by atoms with Crippen LogP contribution in [0.4, 0.5) is 0 Å². The summed E-state index contributed by atoms with van der Waals surface area (Å²) >= 11 is 2.09. The summed E-state index contributed by atoms with van der Waals surface area (Å²) in [5.74, 6) is 3.04. The molecule has 134 valence electrons. The Balaban J connectivity index is 1.81. The van der Waals surface area contributed by atoms with E-state index in [0.717, 1.165) is 31.5 Å². The summed E-state index contributed by atoms with van der Waals surface area (Å²) in [6, 6.07) is 0.666. The highest BCUT2D eigenvalue weighted by atomic mass is 32.2. The van der Waals surface area contributed by atoms with Gasteiger partial charge in [-0.15, -0.1) is 0 Å². The van der Waals surface area contributed by atoms with Crippen LogP contribution >= 0.6 is 11.8 Å². The molecule has 0 aliphatic carbocycles. The molecule has 4 nitrogen and oxygen atoms in total. The molecule has 2 aliphatic rings. The minimum Gasteiger partial charge on any atom is -0.357 e. The van der Waals surface area contributed by atoms with Gasteiger partial charge < -0.3 is 15.5 Å². The van der Waals surface area contributed by atoms with Gasteiger partial charge in [-0.2, -0.15) is 11.8 Å². The van der Waals surface area contributed by atoms with Crippen molar-refractivity contribution in [1.29, 1.82) is 0 Å². The molecule has 0 saturated carbocycles. The molecule has 2 saturated heterocycles. The summed E-state index contributed by atoms with van der Waals surface area (Å²) in [7, 11) is 0. The number of piperidine rings is 1. The maximum Gasteiger partial charge on any atom is 0.191 e. The average molecular weight is 341 g/mol. The number of guanidine groups is 1. The van der Waals surface area contributed by atoms with Crippen molar-refractivity contribution in [2.75, 3.05) is 38.5 Å². The third kappa shape index (κ3) is 6.18. The molecule has 2 rings (SSSR count). The minimum atomic E-state index is 0.349. The molecule has 5 heteroatoms. The van der Waals surface area contributed by atoms with Gasteiger partial charge in [-0.25, -0.2) is 0 Å². The van der Waals surface area contributed by atoms with Crippen molar-refractivity contribution in [2.24, 2.45) is 10.9 Å². The Bertz CT molecular complexity index is 377. The zero-order valence-corrected chi connectivity index (χ0v) is 16.3. The molecular weight excluding hydrogens is 304 g/mol. The lowest BCUT2D eigenvalue weighted by Gasteiger charge is -2.35. The number of nitrogens with one attached hydrogen (secondary N) is 2. The van der Waals surface area contributed by atoms with E-state index in [0.29, 0.717) is 10.8 Å². The van der Waals surface area contributed by atoms with E-state index in [2.05, 4.69) is 55.0 Å². The highest BCUT2D eigenvalue weighted by Crippen LogP contribution is 2.37. The molecule has 0 amide bonds. The van der Waals surface area contributed by atoms with Gasteiger partial charge >= 0.3 is 0 Å². The summed E-state index contributed by atoms with van der Waals surface area (Å²) in [6.45, 7) is 14.5. The zero-order valence-electron chi connectivity index (χ0n) is 15.5. The third-order valence-corrected chi connectivity index (χ3v) is 6.58. The van der Waals surface area contributed by atoms with E-state index < -0.39 is 0 Å². The van der Waals surface area contributed by atoms with E-state index >= 15 is 0 Å². The van der Waals surface area contributed by atoms with Crippen LogP contribution in [-0.4, -0.2) is 60.1 Å². The van der Waals surface area contributed by atoms with E-state index in [4.69, 9.17) is 4.99 Å². The molecule has 0 spiro atoms. The largest absolute Gasteiger partial charge is 0.357 e. The first-order valence-corrected chi connectivity index (χ1v) is 10.4. The van der Waals surface area contributed by atoms with Gasteiger partial charge in [-0.05, 0) is 71.6 Å². The molecule has 2 N–H and O–H groups in total. The number of hydrogen-bond donors (Lipinski definition) is 2. The fourth-order valence-corrected chi connectivity index (χ4v) is 4.75. The van der Waals surface area contributed by atoms with E-state index in [1.54, 1.807) is 0 Å². The summed E-state index contributed by atoms with van der Waals surface area (Å²) in [4.78, 5) is 7.47. The van der Waals surface area contributed by atoms with Crippen molar-refractivity contribution in [2.45, 2.75) is 64.2 Å². The van der Waals surface area contributed by atoms with E-state index in [1.807, 2.05) is 0 Å². The molecule has 0 aromatic heterocycles. The number of rotatable bonds is 6. The first-order valence-electron chi connectivity index (χ1n) is 9.42. The van der Waals surface area contributed by atoms with Crippen LogP contribution in [0.5, 0.6) is 0 Å². The van der Waals surface area contributed by atoms with Gasteiger partial charge in [0.1, 0.15) is 0 Å². The van der Waals surface area contributed by atoms with Crippen LogP contribution in [0.15, 0.2) is 4.99 Å². The van der Waals surface area contributed by atoms with Crippen molar-refractivity contribution in [3.63, 3.8) is 0 Å². The molecule has 23 heavy (non-hydrogen) atoms. The molecule has 0 radical (unpaired) electrons. The predicted molar refractivity (Wildman–Crippen MR) is 104 cm³/mol. The van der Waals surface area contributed by atoms with Gasteiger partial charge in [0.05, 0.1) is 6.54 Å². The lowest BCUT2D eigenvalue weighted by atomic mass is 9.97. The second-order valence-corrected chi connectivity index (χ2v) is 9.26. The molecule has 2 fully saturated rings. The van der Waals surface area contributed by atoms with Crippen LogP contribution in [-0.2, 0) is 0 Å². The summed E-state index contributed by atoms with van der Waals surface area (Å²) in [5.41, 5.74) is 0. The van der Waals surface area contributed by atoms with Crippen LogP contribution in [0, 0.1) is 5.92 Å². The highest BCUT2D eigenvalue weighted by molar-refractivity contribution is 8.00. The molecule has 2 unspecified atom stereocenters. The fraction of sp³-hybridized carbons (Fsp3) is 0.944. The maximum atomic E-state index is 4.87. The topological polar surface area (TPSA) is 39.7 Å². The Morgan fingerprint density at radius 3 is 2.83 bits per heavy atom. The normalized spacial score (nSPS) is 30.0. The third-order valence-electron chi connectivity index (χ3n) is 5.06. The maximum absolute atomic E-state index is 4.87. The summed E-state index contributed by atoms with van der Waals surface area (Å²) in [5, 5.41) is 7.01. The molecule has 2 heterocycles. The van der Waals surface area contributed by atoms with Crippen LogP contribution in [0.1, 0.15) is 53.4 Å². The Morgan fingerprint density at radius 2 is 2.17 bits per heavy atom. The fourth-order valence-electron chi connectivity index (χ4n) is 3.52. The van der Waals surface area contributed by atoms with E-state index in [-0.39, 0.29) is 0 Å². The van der Waals surface area contributed by atoms with Gasteiger partial charge in [0.2, 0.25) is 0 Å². The average Bonchev–Trinajstić information content (AvgIpc) is 2.97. The first-order chi connectivity index (χ1) is 11.0. The lowest BCUT2D eigenvalue weighted by molar-refractivity contribution is 0.141. The number of hydrogen-bond acceptors (Lipinski definition) is 3. The van der Waals surface area contributed by atoms with Gasteiger partial charge in [0.25, 0.3) is 0 Å².